The average molecular weight is 405 g/mol. The molecule has 0 spiro atoms. The van der Waals surface area contributed by atoms with Gasteiger partial charge in [-0.05, 0) is 23.8 Å². The van der Waals surface area contributed by atoms with E-state index in [4.69, 9.17) is 4.74 Å². The van der Waals surface area contributed by atoms with Crippen LogP contribution in [0.1, 0.15) is 21.5 Å². The zero-order chi connectivity index (χ0) is 20.1. The summed E-state index contributed by atoms with van der Waals surface area (Å²) in [6, 6.07) is 15.2. The van der Waals surface area contributed by atoms with Crippen molar-refractivity contribution < 1.29 is 9.53 Å². The molecule has 146 valence electrons. The number of nitrogens with one attached hydrogen (secondary N) is 2. The highest BCUT2D eigenvalue weighted by atomic mass is 32.2. The summed E-state index contributed by atoms with van der Waals surface area (Å²) >= 11 is 1.58. The van der Waals surface area contributed by atoms with Gasteiger partial charge in [-0.1, -0.05) is 30.3 Å². The Hall–Kier alpha value is -3.39. The zero-order valence-electron chi connectivity index (χ0n) is 15.8. The van der Waals surface area contributed by atoms with E-state index in [2.05, 4.69) is 25.5 Å². The molecule has 0 atom stereocenters. The number of fused-ring (bicyclic) bond motifs is 1. The first-order valence-electron chi connectivity index (χ1n) is 9.00. The summed E-state index contributed by atoms with van der Waals surface area (Å²) in [4.78, 5) is 21.1. The van der Waals surface area contributed by atoms with Crippen LogP contribution in [-0.4, -0.2) is 33.2 Å². The molecule has 0 bridgehead atoms. The third kappa shape index (κ3) is 4.38. The Bertz CT molecular complexity index is 1140. The second-order valence-corrected chi connectivity index (χ2v) is 7.26. The zero-order valence-corrected chi connectivity index (χ0v) is 16.6. The summed E-state index contributed by atoms with van der Waals surface area (Å²) < 4.78 is 5.33. The van der Waals surface area contributed by atoms with Gasteiger partial charge in [0.1, 0.15) is 17.1 Å². The fraction of sp³-hybridized carbons (Fsp3) is 0.143. The van der Waals surface area contributed by atoms with Crippen LogP contribution in [0.25, 0.3) is 11.0 Å². The number of hydrogen-bond donors (Lipinski definition) is 2. The van der Waals surface area contributed by atoms with Gasteiger partial charge in [-0.3, -0.25) is 9.89 Å². The first kappa shape index (κ1) is 18.9. The van der Waals surface area contributed by atoms with Crippen molar-refractivity contribution in [3.63, 3.8) is 0 Å². The van der Waals surface area contributed by atoms with Crippen molar-refractivity contribution in [3.8, 4) is 5.75 Å². The third-order valence-electron chi connectivity index (χ3n) is 4.41. The summed E-state index contributed by atoms with van der Waals surface area (Å²) in [5, 5.41) is 11.6. The summed E-state index contributed by atoms with van der Waals surface area (Å²) in [7, 11) is 1.62. The number of benzene rings is 2. The van der Waals surface area contributed by atoms with Crippen LogP contribution >= 0.6 is 11.8 Å². The van der Waals surface area contributed by atoms with Gasteiger partial charge in [0.15, 0.2) is 5.65 Å². The molecule has 2 N–H and O–H groups in total. The third-order valence-corrected chi connectivity index (χ3v) is 5.48. The lowest BCUT2D eigenvalue weighted by atomic mass is 10.1. The van der Waals surface area contributed by atoms with Crippen molar-refractivity contribution in [3.05, 3.63) is 77.7 Å². The van der Waals surface area contributed by atoms with E-state index < -0.39 is 0 Å². The SMILES string of the molecule is COc1ccccc1CNC(=O)c1cccc(CSc2ncnc3[nH]ncc23)c1. The van der Waals surface area contributed by atoms with Crippen molar-refractivity contribution in [2.75, 3.05) is 7.11 Å². The average Bonchev–Trinajstić information content (AvgIpc) is 3.26. The van der Waals surface area contributed by atoms with E-state index in [-0.39, 0.29) is 5.91 Å². The van der Waals surface area contributed by atoms with Gasteiger partial charge in [-0.2, -0.15) is 5.10 Å². The number of H-pyrrole nitrogens is 1. The Labute approximate surface area is 171 Å². The van der Waals surface area contributed by atoms with Crippen LogP contribution in [0, 0.1) is 0 Å². The van der Waals surface area contributed by atoms with E-state index in [0.29, 0.717) is 23.5 Å². The van der Waals surface area contributed by atoms with Crippen LogP contribution in [0.15, 0.2) is 66.1 Å². The maximum atomic E-state index is 12.6. The highest BCUT2D eigenvalue weighted by Gasteiger charge is 2.10. The van der Waals surface area contributed by atoms with E-state index in [1.807, 2.05) is 48.5 Å². The number of aromatic nitrogens is 4. The highest BCUT2D eigenvalue weighted by Crippen LogP contribution is 2.26. The molecule has 2 aromatic carbocycles. The second kappa shape index (κ2) is 8.74. The van der Waals surface area contributed by atoms with Gasteiger partial charge < -0.3 is 10.1 Å². The predicted octanol–water partition coefficient (Wildman–Crippen LogP) is 3.58. The Morgan fingerprint density at radius 1 is 1.17 bits per heavy atom. The Kier molecular flexibility index (Phi) is 5.71. The normalized spacial score (nSPS) is 10.8. The summed E-state index contributed by atoms with van der Waals surface area (Å²) in [6.07, 6.45) is 3.24. The number of thioether (sulfide) groups is 1. The summed E-state index contributed by atoms with van der Waals surface area (Å²) in [6.45, 7) is 0.404. The molecule has 4 rings (SSSR count). The Morgan fingerprint density at radius 2 is 2.07 bits per heavy atom. The van der Waals surface area contributed by atoms with Gasteiger partial charge in [0.05, 0.1) is 18.7 Å². The highest BCUT2D eigenvalue weighted by molar-refractivity contribution is 7.98. The lowest BCUT2D eigenvalue weighted by Crippen LogP contribution is -2.23. The molecule has 0 aliphatic carbocycles. The largest absolute Gasteiger partial charge is 0.496 e. The van der Waals surface area contributed by atoms with Gasteiger partial charge >= 0.3 is 0 Å². The van der Waals surface area contributed by atoms with E-state index >= 15 is 0 Å². The van der Waals surface area contributed by atoms with E-state index in [1.165, 1.54) is 6.33 Å². The van der Waals surface area contributed by atoms with Crippen LogP contribution < -0.4 is 10.1 Å². The van der Waals surface area contributed by atoms with Crippen molar-refractivity contribution in [1.29, 1.82) is 0 Å². The van der Waals surface area contributed by atoms with E-state index in [9.17, 15) is 4.79 Å². The first-order chi connectivity index (χ1) is 14.2. The van der Waals surface area contributed by atoms with Crippen LogP contribution in [0.3, 0.4) is 0 Å². The molecule has 2 aromatic heterocycles. The molecule has 8 heteroatoms. The van der Waals surface area contributed by atoms with E-state index in [0.717, 1.165) is 27.3 Å². The fourth-order valence-corrected chi connectivity index (χ4v) is 3.85. The molecule has 1 amide bonds. The second-order valence-electron chi connectivity index (χ2n) is 6.29. The minimum Gasteiger partial charge on any atom is -0.496 e. The molecule has 0 saturated carbocycles. The molecule has 0 saturated heterocycles. The lowest BCUT2D eigenvalue weighted by molar-refractivity contribution is 0.0950. The summed E-state index contributed by atoms with van der Waals surface area (Å²) in [5.41, 5.74) is 3.30. The minimum absolute atomic E-state index is 0.123. The molecule has 0 fully saturated rings. The predicted molar refractivity (Wildman–Crippen MR) is 112 cm³/mol. The summed E-state index contributed by atoms with van der Waals surface area (Å²) in [5.74, 6) is 1.32. The number of carbonyl (C=O) groups excluding carboxylic acids is 1. The van der Waals surface area contributed by atoms with Crippen molar-refractivity contribution >= 4 is 28.7 Å². The molecule has 7 nitrogen and oxygen atoms in total. The Balaban J connectivity index is 1.41. The van der Waals surface area contributed by atoms with Gasteiger partial charge in [0, 0.05) is 23.4 Å². The number of rotatable bonds is 7. The molecule has 2 heterocycles. The molecular weight excluding hydrogens is 386 g/mol. The van der Waals surface area contributed by atoms with Crippen LogP contribution in [-0.2, 0) is 12.3 Å². The fourth-order valence-electron chi connectivity index (χ4n) is 2.94. The quantitative estimate of drug-likeness (QED) is 0.361. The van der Waals surface area contributed by atoms with Gasteiger partial charge in [-0.25, -0.2) is 9.97 Å². The van der Waals surface area contributed by atoms with E-state index in [1.54, 1.807) is 25.1 Å². The minimum atomic E-state index is -0.123. The maximum absolute atomic E-state index is 12.6. The van der Waals surface area contributed by atoms with Gasteiger partial charge in [0.2, 0.25) is 0 Å². The molecule has 0 radical (unpaired) electrons. The number of aromatic amines is 1. The maximum Gasteiger partial charge on any atom is 0.251 e. The van der Waals surface area contributed by atoms with Crippen molar-refractivity contribution in [2.24, 2.45) is 0 Å². The van der Waals surface area contributed by atoms with Crippen LogP contribution in [0.2, 0.25) is 0 Å². The topological polar surface area (TPSA) is 92.8 Å². The smallest absolute Gasteiger partial charge is 0.251 e. The lowest BCUT2D eigenvalue weighted by Gasteiger charge is -2.10. The number of carbonyl (C=O) groups is 1. The van der Waals surface area contributed by atoms with Crippen LogP contribution in [0.4, 0.5) is 0 Å². The molecule has 0 aliphatic heterocycles. The van der Waals surface area contributed by atoms with Crippen molar-refractivity contribution in [2.45, 2.75) is 17.3 Å². The van der Waals surface area contributed by atoms with Crippen LogP contribution in [0.5, 0.6) is 5.75 Å². The van der Waals surface area contributed by atoms with Crippen molar-refractivity contribution in [1.82, 2.24) is 25.5 Å². The van der Waals surface area contributed by atoms with Gasteiger partial charge in [0.25, 0.3) is 5.91 Å². The molecule has 4 aromatic rings. The standard InChI is InChI=1S/C21H19N5O2S/c1-28-18-8-3-2-6-16(18)10-22-20(27)15-7-4-5-14(9-15)12-29-21-17-11-25-26-19(17)23-13-24-21/h2-9,11,13H,10,12H2,1H3,(H,22,27)(H,23,24,25,26). The molecule has 29 heavy (non-hydrogen) atoms. The number of para-hydroxylation sites is 1. The number of hydrogen-bond acceptors (Lipinski definition) is 6. The molecule has 0 aliphatic rings. The molecule has 0 unspecified atom stereocenters. The number of ether oxygens (including phenoxy) is 1. The number of methoxy groups -OCH3 is 1. The number of nitrogens with zero attached hydrogens (tertiary/aromatic N) is 3. The molecular formula is C21H19N5O2S. The number of amides is 1. The Morgan fingerprint density at radius 3 is 2.97 bits per heavy atom. The first-order valence-corrected chi connectivity index (χ1v) is 9.99. The van der Waals surface area contributed by atoms with Gasteiger partial charge in [-0.15, -0.1) is 11.8 Å². The monoisotopic (exact) mass is 405 g/mol.